The molecule has 0 radical (unpaired) electrons. The van der Waals surface area contributed by atoms with Crippen LogP contribution in [-0.4, -0.2) is 4.57 Å². The van der Waals surface area contributed by atoms with Crippen LogP contribution in [0, 0.1) is 0 Å². The number of benzene rings is 8. The lowest BCUT2D eigenvalue weighted by atomic mass is 10.0. The minimum Gasteiger partial charge on any atom is -0.308 e. The van der Waals surface area contributed by atoms with E-state index in [2.05, 4.69) is 179 Å². The molecule has 0 aliphatic carbocycles. The second kappa shape index (κ2) is 10.8. The summed E-state index contributed by atoms with van der Waals surface area (Å²) < 4.78 is 7.68. The molecule has 50 heavy (non-hydrogen) atoms. The Hall–Kier alpha value is -5.94. The zero-order valence-electron chi connectivity index (χ0n) is 26.9. The van der Waals surface area contributed by atoms with Gasteiger partial charge in [-0.1, -0.05) is 97.1 Å². The summed E-state index contributed by atoms with van der Waals surface area (Å²) in [5.74, 6) is 0. The van der Waals surface area contributed by atoms with Gasteiger partial charge in [0.25, 0.3) is 0 Å². The van der Waals surface area contributed by atoms with Gasteiger partial charge in [-0.3, -0.25) is 0 Å². The Morgan fingerprint density at radius 1 is 0.400 bits per heavy atom. The van der Waals surface area contributed by atoms with E-state index in [-0.39, 0.29) is 0 Å². The lowest BCUT2D eigenvalue weighted by molar-refractivity contribution is 1.17. The van der Waals surface area contributed by atoms with Gasteiger partial charge in [-0.2, -0.15) is 0 Å². The third kappa shape index (κ3) is 4.07. The molecule has 8 aromatic carbocycles. The minimum absolute atomic E-state index is 1.14. The topological polar surface area (TPSA) is 8.17 Å². The van der Waals surface area contributed by atoms with E-state index in [4.69, 9.17) is 0 Å². The Bertz CT molecular complexity index is 3110. The molecule has 0 spiro atoms. The van der Waals surface area contributed by atoms with Crippen molar-refractivity contribution in [3.63, 3.8) is 0 Å². The molecule has 0 saturated carbocycles. The Labute approximate surface area is 296 Å². The highest BCUT2D eigenvalue weighted by Crippen LogP contribution is 2.47. The van der Waals surface area contributed by atoms with Crippen molar-refractivity contribution in [2.45, 2.75) is 0 Å². The molecule has 0 aliphatic heterocycles. The van der Waals surface area contributed by atoms with E-state index >= 15 is 0 Å². The Kier molecular flexibility index (Phi) is 6.03. The van der Waals surface area contributed by atoms with Crippen molar-refractivity contribution in [1.29, 1.82) is 0 Å². The third-order valence-corrected chi connectivity index (χ3v) is 12.4. The lowest BCUT2D eigenvalue weighted by Crippen LogP contribution is -2.11. The fourth-order valence-electron chi connectivity index (χ4n) is 7.98. The number of fused-ring (bicyclic) bond motifs is 11. The van der Waals surface area contributed by atoms with Crippen LogP contribution in [0.1, 0.15) is 0 Å². The van der Waals surface area contributed by atoms with Gasteiger partial charge in [0.05, 0.1) is 16.7 Å². The molecule has 0 bridgehead atoms. The van der Waals surface area contributed by atoms with E-state index in [9.17, 15) is 0 Å². The Balaban J connectivity index is 1.26. The fourth-order valence-corrected chi connectivity index (χ4v) is 10.2. The molecule has 11 rings (SSSR count). The largest absolute Gasteiger partial charge is 0.308 e. The van der Waals surface area contributed by atoms with E-state index in [1.54, 1.807) is 0 Å². The van der Waals surface area contributed by atoms with Crippen LogP contribution in [0.2, 0.25) is 0 Å². The fraction of sp³-hybridized carbons (Fsp3) is 0. The van der Waals surface area contributed by atoms with Crippen molar-refractivity contribution >= 4 is 113 Å². The van der Waals surface area contributed by atoms with Crippen LogP contribution in [0.15, 0.2) is 170 Å². The summed E-state index contributed by atoms with van der Waals surface area (Å²) in [7, 11) is 0. The molecule has 3 heterocycles. The highest BCUT2D eigenvalue weighted by molar-refractivity contribution is 7.26. The van der Waals surface area contributed by atoms with Gasteiger partial charge < -0.3 is 9.47 Å². The first-order valence-electron chi connectivity index (χ1n) is 16.9. The number of nitrogens with zero attached hydrogens (tertiary/aromatic N) is 2. The number of hydrogen-bond acceptors (Lipinski definition) is 3. The maximum atomic E-state index is 2.49. The van der Waals surface area contributed by atoms with Crippen molar-refractivity contribution in [2.24, 2.45) is 0 Å². The van der Waals surface area contributed by atoms with Crippen LogP contribution >= 0.6 is 22.7 Å². The first kappa shape index (κ1) is 28.0. The molecular formula is C46H28N2S2. The third-order valence-electron chi connectivity index (χ3n) is 10.1. The normalized spacial score (nSPS) is 12.0. The molecule has 0 aliphatic rings. The molecular weight excluding hydrogens is 645 g/mol. The predicted molar refractivity (Wildman–Crippen MR) is 219 cm³/mol. The number of rotatable bonds is 4. The van der Waals surface area contributed by atoms with E-state index < -0.39 is 0 Å². The number of thiophene rings is 2. The Morgan fingerprint density at radius 3 is 1.88 bits per heavy atom. The monoisotopic (exact) mass is 672 g/mol. The van der Waals surface area contributed by atoms with Crippen LogP contribution in [0.5, 0.6) is 0 Å². The summed E-state index contributed by atoms with van der Waals surface area (Å²) in [5, 5.41) is 10.3. The molecule has 0 fully saturated rings. The first-order valence-corrected chi connectivity index (χ1v) is 18.6. The van der Waals surface area contributed by atoms with Crippen molar-refractivity contribution in [2.75, 3.05) is 4.90 Å². The van der Waals surface area contributed by atoms with Crippen molar-refractivity contribution < 1.29 is 0 Å². The maximum absolute atomic E-state index is 2.49. The van der Waals surface area contributed by atoms with Gasteiger partial charge in [-0.05, 0) is 83.6 Å². The van der Waals surface area contributed by atoms with Gasteiger partial charge in [0.2, 0.25) is 0 Å². The van der Waals surface area contributed by atoms with Gasteiger partial charge in [0, 0.05) is 68.2 Å². The van der Waals surface area contributed by atoms with Gasteiger partial charge >= 0.3 is 0 Å². The van der Waals surface area contributed by atoms with Crippen LogP contribution in [0.3, 0.4) is 0 Å². The van der Waals surface area contributed by atoms with E-state index in [1.807, 2.05) is 22.7 Å². The van der Waals surface area contributed by atoms with Crippen LogP contribution in [0.4, 0.5) is 17.1 Å². The first-order chi connectivity index (χ1) is 24.8. The second-order valence-corrected chi connectivity index (χ2v) is 15.1. The van der Waals surface area contributed by atoms with Gasteiger partial charge in [-0.15, -0.1) is 22.7 Å². The zero-order chi connectivity index (χ0) is 32.8. The number of para-hydroxylation sites is 3. The second-order valence-electron chi connectivity index (χ2n) is 12.9. The van der Waals surface area contributed by atoms with Crippen molar-refractivity contribution in [1.82, 2.24) is 4.57 Å². The van der Waals surface area contributed by atoms with E-state index in [1.165, 1.54) is 72.9 Å². The number of anilines is 3. The Morgan fingerprint density at radius 2 is 1.02 bits per heavy atom. The highest BCUT2D eigenvalue weighted by Gasteiger charge is 2.23. The molecule has 2 nitrogen and oxygen atoms in total. The van der Waals surface area contributed by atoms with Crippen LogP contribution in [0.25, 0.3) is 78.6 Å². The average molecular weight is 673 g/mol. The quantitative estimate of drug-likeness (QED) is 0.181. The highest BCUT2D eigenvalue weighted by atomic mass is 32.1. The minimum atomic E-state index is 1.14. The standard InChI is InChI=1S/C46H28N2S2/c1-2-12-30(13-3-1)48-39-18-8-6-15-34(39)36-17-10-19-40(46(36)48)47(31-22-25-42-37(27-31)35-16-7-9-20-41(35)49-42)32-23-26-43-38(28-32)45-33-14-5-4-11-29(33)21-24-44(45)50-43/h1-28H. The van der Waals surface area contributed by atoms with E-state index in [0.29, 0.717) is 0 Å². The predicted octanol–water partition coefficient (Wildman–Crippen LogP) is 14.1. The van der Waals surface area contributed by atoms with Crippen LogP contribution < -0.4 is 4.90 Å². The maximum Gasteiger partial charge on any atom is 0.0782 e. The molecule has 11 aromatic rings. The van der Waals surface area contributed by atoms with Crippen molar-refractivity contribution in [3.05, 3.63) is 170 Å². The summed E-state index contributed by atoms with van der Waals surface area (Å²) in [5.41, 5.74) is 6.96. The summed E-state index contributed by atoms with van der Waals surface area (Å²) >= 11 is 3.74. The summed E-state index contributed by atoms with van der Waals surface area (Å²) in [6, 6.07) is 62.5. The molecule has 4 heteroatoms. The molecule has 3 aromatic heterocycles. The van der Waals surface area contributed by atoms with Gasteiger partial charge in [0.1, 0.15) is 0 Å². The lowest BCUT2D eigenvalue weighted by Gasteiger charge is -2.27. The summed E-state index contributed by atoms with van der Waals surface area (Å²) in [6.45, 7) is 0. The zero-order valence-corrected chi connectivity index (χ0v) is 28.5. The number of hydrogen-bond donors (Lipinski definition) is 0. The van der Waals surface area contributed by atoms with Gasteiger partial charge in [0.15, 0.2) is 0 Å². The average Bonchev–Trinajstić information content (AvgIpc) is 3.85. The summed E-state index contributed by atoms with van der Waals surface area (Å²) in [6.07, 6.45) is 0. The molecule has 234 valence electrons. The molecule has 0 unspecified atom stereocenters. The molecule has 0 atom stereocenters. The van der Waals surface area contributed by atoms with E-state index in [0.717, 1.165) is 22.7 Å². The SMILES string of the molecule is c1ccc(-n2c3ccccc3c3cccc(N(c4ccc5sc6ccccc6c5c4)c4ccc5sc6ccc7ccccc7c6c5c4)c32)cc1. The molecule has 0 amide bonds. The van der Waals surface area contributed by atoms with Crippen LogP contribution in [-0.2, 0) is 0 Å². The molecule has 0 saturated heterocycles. The number of aromatic nitrogens is 1. The molecule has 0 N–H and O–H groups in total. The smallest absolute Gasteiger partial charge is 0.0782 e. The van der Waals surface area contributed by atoms with Gasteiger partial charge in [-0.25, -0.2) is 0 Å². The summed E-state index contributed by atoms with van der Waals surface area (Å²) in [4.78, 5) is 2.49. The van der Waals surface area contributed by atoms with Crippen molar-refractivity contribution in [3.8, 4) is 5.69 Å².